The molecule has 2 aromatic carbocycles. The predicted octanol–water partition coefficient (Wildman–Crippen LogP) is 5.46. The van der Waals surface area contributed by atoms with Gasteiger partial charge in [-0.2, -0.15) is 0 Å². The van der Waals surface area contributed by atoms with Crippen LogP contribution in [0.2, 0.25) is 0 Å². The maximum Gasteiger partial charge on any atom is 0.265 e. The van der Waals surface area contributed by atoms with Gasteiger partial charge in [0.1, 0.15) is 5.82 Å². The second-order valence-electron chi connectivity index (χ2n) is 6.89. The van der Waals surface area contributed by atoms with Crippen molar-refractivity contribution in [2.24, 2.45) is 5.92 Å². The number of hydrogen-bond donors (Lipinski definition) is 2. The van der Waals surface area contributed by atoms with Crippen molar-refractivity contribution in [3.05, 3.63) is 70.9 Å². The fraction of sp³-hybridized carbons (Fsp3) is 0.182. The Morgan fingerprint density at radius 3 is 2.57 bits per heavy atom. The van der Waals surface area contributed by atoms with Crippen LogP contribution in [0.3, 0.4) is 0 Å². The molecule has 2 amide bonds. The zero-order valence-corrected chi connectivity index (χ0v) is 16.1. The minimum Gasteiger partial charge on any atom is -0.326 e. The summed E-state index contributed by atoms with van der Waals surface area (Å²) in [5.74, 6) is -0.441. The average molecular weight is 394 g/mol. The summed E-state index contributed by atoms with van der Waals surface area (Å²) in [5.41, 5.74) is 2.67. The highest BCUT2D eigenvalue weighted by molar-refractivity contribution is 7.17. The molecule has 0 radical (unpaired) electrons. The van der Waals surface area contributed by atoms with E-state index in [1.54, 1.807) is 36.4 Å². The van der Waals surface area contributed by atoms with Gasteiger partial charge in [-0.1, -0.05) is 24.3 Å². The van der Waals surface area contributed by atoms with E-state index in [0.29, 0.717) is 26.7 Å². The number of carbonyl (C=O) groups excluding carboxylic acids is 2. The van der Waals surface area contributed by atoms with Crippen LogP contribution in [0, 0.1) is 18.7 Å². The lowest BCUT2D eigenvalue weighted by molar-refractivity contribution is -0.117. The number of rotatable bonds is 5. The van der Waals surface area contributed by atoms with Crippen LogP contribution in [0.5, 0.6) is 0 Å². The fourth-order valence-electron chi connectivity index (χ4n) is 2.87. The van der Waals surface area contributed by atoms with Crippen molar-refractivity contribution in [3.8, 4) is 10.4 Å². The number of nitrogens with one attached hydrogen (secondary N) is 2. The quantitative estimate of drug-likeness (QED) is 0.603. The third-order valence-corrected chi connectivity index (χ3v) is 5.79. The highest BCUT2D eigenvalue weighted by atomic mass is 32.1. The summed E-state index contributed by atoms with van der Waals surface area (Å²) >= 11 is 1.24. The van der Waals surface area contributed by atoms with Crippen molar-refractivity contribution < 1.29 is 14.0 Å². The van der Waals surface area contributed by atoms with E-state index in [2.05, 4.69) is 10.6 Å². The van der Waals surface area contributed by atoms with E-state index in [1.165, 1.54) is 17.4 Å². The van der Waals surface area contributed by atoms with Gasteiger partial charge >= 0.3 is 0 Å². The molecule has 4 nitrogen and oxygen atoms in total. The van der Waals surface area contributed by atoms with Crippen LogP contribution >= 0.6 is 11.3 Å². The zero-order chi connectivity index (χ0) is 19.7. The standard InChI is InChI=1S/C22H19FN2O2S/c1-13-6-9-15(24-21(26)14-7-8-14)12-18(13)25-22(27)20-11-10-19(28-20)16-4-2-3-5-17(16)23/h2-6,9-12,14H,7-8H2,1H3,(H,24,26)(H,25,27). The summed E-state index contributed by atoms with van der Waals surface area (Å²) < 4.78 is 14.0. The van der Waals surface area contributed by atoms with Crippen LogP contribution in [0.15, 0.2) is 54.6 Å². The molecule has 1 aliphatic carbocycles. The van der Waals surface area contributed by atoms with Gasteiger partial charge in [0, 0.05) is 27.7 Å². The normalized spacial score (nSPS) is 13.2. The monoisotopic (exact) mass is 394 g/mol. The van der Waals surface area contributed by atoms with Crippen LogP contribution in [0.25, 0.3) is 10.4 Å². The topological polar surface area (TPSA) is 58.2 Å². The van der Waals surface area contributed by atoms with E-state index in [0.717, 1.165) is 18.4 Å². The lowest BCUT2D eigenvalue weighted by Crippen LogP contribution is -2.15. The number of hydrogen-bond acceptors (Lipinski definition) is 3. The molecule has 2 N–H and O–H groups in total. The van der Waals surface area contributed by atoms with Gasteiger partial charge in [0.25, 0.3) is 5.91 Å². The molecule has 0 spiro atoms. The molecule has 1 saturated carbocycles. The smallest absolute Gasteiger partial charge is 0.265 e. The Hall–Kier alpha value is -2.99. The summed E-state index contributed by atoms with van der Waals surface area (Å²) in [6.07, 6.45) is 1.87. The summed E-state index contributed by atoms with van der Waals surface area (Å²) in [6.45, 7) is 1.89. The van der Waals surface area contributed by atoms with Crippen LogP contribution in [-0.2, 0) is 4.79 Å². The molecule has 4 rings (SSSR count). The van der Waals surface area contributed by atoms with E-state index >= 15 is 0 Å². The third kappa shape index (κ3) is 3.97. The highest BCUT2D eigenvalue weighted by Gasteiger charge is 2.29. The number of aryl methyl sites for hydroxylation is 1. The Morgan fingerprint density at radius 1 is 1.04 bits per heavy atom. The van der Waals surface area contributed by atoms with Crippen LogP contribution in [0.4, 0.5) is 15.8 Å². The molecule has 0 atom stereocenters. The van der Waals surface area contributed by atoms with Crippen LogP contribution in [0.1, 0.15) is 28.1 Å². The molecule has 28 heavy (non-hydrogen) atoms. The lowest BCUT2D eigenvalue weighted by atomic mass is 10.1. The van der Waals surface area contributed by atoms with Crippen molar-refractivity contribution >= 4 is 34.5 Å². The van der Waals surface area contributed by atoms with Gasteiger partial charge in [-0.15, -0.1) is 11.3 Å². The van der Waals surface area contributed by atoms with Crippen molar-refractivity contribution in [2.45, 2.75) is 19.8 Å². The second kappa shape index (κ2) is 7.56. The van der Waals surface area contributed by atoms with Gasteiger partial charge < -0.3 is 10.6 Å². The molecule has 0 unspecified atom stereocenters. The number of benzene rings is 2. The molecule has 1 heterocycles. The first kappa shape index (κ1) is 18.4. The van der Waals surface area contributed by atoms with Gasteiger partial charge in [-0.05, 0) is 55.7 Å². The number of anilines is 2. The van der Waals surface area contributed by atoms with E-state index in [4.69, 9.17) is 0 Å². The van der Waals surface area contributed by atoms with Crippen molar-refractivity contribution in [1.29, 1.82) is 0 Å². The molecule has 6 heteroatoms. The molecule has 0 saturated heterocycles. The Kier molecular flexibility index (Phi) is 4.96. The van der Waals surface area contributed by atoms with E-state index in [9.17, 15) is 14.0 Å². The molecular formula is C22H19FN2O2S. The SMILES string of the molecule is Cc1ccc(NC(=O)C2CC2)cc1NC(=O)c1ccc(-c2ccccc2F)s1. The summed E-state index contributed by atoms with van der Waals surface area (Å²) in [6, 6.07) is 15.4. The minimum atomic E-state index is -0.314. The zero-order valence-electron chi connectivity index (χ0n) is 15.3. The summed E-state index contributed by atoms with van der Waals surface area (Å²) in [4.78, 5) is 25.8. The summed E-state index contributed by atoms with van der Waals surface area (Å²) in [7, 11) is 0. The molecule has 1 aromatic heterocycles. The first-order valence-corrected chi connectivity index (χ1v) is 9.90. The predicted molar refractivity (Wildman–Crippen MR) is 110 cm³/mol. The average Bonchev–Trinajstić information content (AvgIpc) is 3.42. The Morgan fingerprint density at radius 2 is 1.82 bits per heavy atom. The van der Waals surface area contributed by atoms with Gasteiger partial charge in [-0.25, -0.2) is 4.39 Å². The largest absolute Gasteiger partial charge is 0.326 e. The Bertz CT molecular complexity index is 1060. The summed E-state index contributed by atoms with van der Waals surface area (Å²) in [5, 5.41) is 5.78. The van der Waals surface area contributed by atoms with E-state index in [-0.39, 0.29) is 23.5 Å². The molecule has 3 aromatic rings. The van der Waals surface area contributed by atoms with Gasteiger partial charge in [-0.3, -0.25) is 9.59 Å². The van der Waals surface area contributed by atoms with E-state index < -0.39 is 0 Å². The molecule has 142 valence electrons. The first-order valence-electron chi connectivity index (χ1n) is 9.09. The third-order valence-electron chi connectivity index (χ3n) is 4.67. The Labute approximate surface area is 166 Å². The number of thiophene rings is 1. The van der Waals surface area contributed by atoms with E-state index in [1.807, 2.05) is 19.1 Å². The maximum absolute atomic E-state index is 14.0. The Balaban J connectivity index is 1.50. The molecule has 0 bridgehead atoms. The number of halogens is 1. The number of carbonyl (C=O) groups is 2. The van der Waals surface area contributed by atoms with Crippen LogP contribution < -0.4 is 10.6 Å². The number of amides is 2. The highest BCUT2D eigenvalue weighted by Crippen LogP contribution is 2.32. The minimum absolute atomic E-state index is 0.0221. The van der Waals surface area contributed by atoms with Crippen molar-refractivity contribution in [3.63, 3.8) is 0 Å². The van der Waals surface area contributed by atoms with Gasteiger partial charge in [0.15, 0.2) is 0 Å². The van der Waals surface area contributed by atoms with Gasteiger partial charge in [0.05, 0.1) is 4.88 Å². The first-order chi connectivity index (χ1) is 13.5. The van der Waals surface area contributed by atoms with Gasteiger partial charge in [0.2, 0.25) is 5.91 Å². The molecule has 1 fully saturated rings. The van der Waals surface area contributed by atoms with Crippen molar-refractivity contribution in [2.75, 3.05) is 10.6 Å². The molecule has 0 aliphatic heterocycles. The molecule has 1 aliphatic rings. The molecular weight excluding hydrogens is 375 g/mol. The van der Waals surface area contributed by atoms with Crippen molar-refractivity contribution in [1.82, 2.24) is 0 Å². The second-order valence-corrected chi connectivity index (χ2v) is 7.97. The van der Waals surface area contributed by atoms with Crippen LogP contribution in [-0.4, -0.2) is 11.8 Å². The lowest BCUT2D eigenvalue weighted by Gasteiger charge is -2.11. The maximum atomic E-state index is 14.0. The fourth-order valence-corrected chi connectivity index (χ4v) is 3.80.